The molecule has 0 saturated heterocycles. The number of carbonyl (C=O) groups excluding carboxylic acids is 2. The second kappa shape index (κ2) is 7.45. The lowest BCUT2D eigenvalue weighted by Gasteiger charge is -2.28. The van der Waals surface area contributed by atoms with Crippen LogP contribution in [0.25, 0.3) is 0 Å². The number of rotatable bonds is 7. The molecular formula is C20H26FNO2. The minimum absolute atomic E-state index is 0.0380. The SMILES string of the molecule is C[C@@H](NC(=O)CCCC(=O)c1ccc(F)cc1)[C@H]1C[C@@H]2CC[C@@H]1C2. The van der Waals surface area contributed by atoms with E-state index < -0.39 is 0 Å². The van der Waals surface area contributed by atoms with Crippen molar-refractivity contribution in [1.82, 2.24) is 5.32 Å². The maximum Gasteiger partial charge on any atom is 0.220 e. The van der Waals surface area contributed by atoms with Crippen LogP contribution in [0.2, 0.25) is 0 Å². The third kappa shape index (κ3) is 4.03. The van der Waals surface area contributed by atoms with Crippen LogP contribution < -0.4 is 5.32 Å². The molecule has 130 valence electrons. The topological polar surface area (TPSA) is 46.2 Å². The summed E-state index contributed by atoms with van der Waals surface area (Å²) in [6.45, 7) is 2.12. The number of halogens is 1. The van der Waals surface area contributed by atoms with Crippen LogP contribution in [0.5, 0.6) is 0 Å². The summed E-state index contributed by atoms with van der Waals surface area (Å²) in [5.41, 5.74) is 0.507. The van der Waals surface area contributed by atoms with Gasteiger partial charge in [0, 0.05) is 24.4 Å². The lowest BCUT2D eigenvalue weighted by Crippen LogP contribution is -2.40. The molecule has 1 aromatic carbocycles. The molecule has 0 aliphatic heterocycles. The molecule has 3 nitrogen and oxygen atoms in total. The van der Waals surface area contributed by atoms with E-state index in [2.05, 4.69) is 12.2 Å². The standard InChI is InChI=1S/C20H26FNO2/c1-13(18-12-14-5-6-16(18)11-14)22-20(24)4-2-3-19(23)15-7-9-17(21)10-8-15/h7-10,13-14,16,18H,2-6,11-12H2,1H3,(H,22,24)/t13-,14-,16-,18-/m1/s1. The van der Waals surface area contributed by atoms with Gasteiger partial charge in [0.2, 0.25) is 5.91 Å². The molecule has 2 fully saturated rings. The summed E-state index contributed by atoms with van der Waals surface area (Å²) in [7, 11) is 0. The second-order valence-corrected chi connectivity index (χ2v) is 7.48. The molecule has 2 aliphatic rings. The van der Waals surface area contributed by atoms with E-state index >= 15 is 0 Å². The summed E-state index contributed by atoms with van der Waals surface area (Å²) in [6, 6.07) is 5.80. The van der Waals surface area contributed by atoms with E-state index in [-0.39, 0.29) is 23.5 Å². The zero-order valence-electron chi connectivity index (χ0n) is 14.3. The molecule has 2 saturated carbocycles. The van der Waals surface area contributed by atoms with Gasteiger partial charge in [0.05, 0.1) is 0 Å². The molecule has 1 N–H and O–H groups in total. The quantitative estimate of drug-likeness (QED) is 0.764. The van der Waals surface area contributed by atoms with Crippen molar-refractivity contribution in [3.05, 3.63) is 35.6 Å². The van der Waals surface area contributed by atoms with Gasteiger partial charge >= 0.3 is 0 Å². The van der Waals surface area contributed by atoms with Gasteiger partial charge in [0.15, 0.2) is 5.78 Å². The van der Waals surface area contributed by atoms with Gasteiger partial charge in [-0.1, -0.05) is 6.42 Å². The third-order valence-electron chi connectivity index (χ3n) is 5.80. The molecule has 2 bridgehead atoms. The first-order valence-electron chi connectivity index (χ1n) is 9.11. The first-order valence-corrected chi connectivity index (χ1v) is 9.11. The molecule has 0 aromatic heterocycles. The van der Waals surface area contributed by atoms with Gasteiger partial charge in [0.1, 0.15) is 5.82 Å². The summed E-state index contributed by atoms with van der Waals surface area (Å²) < 4.78 is 12.8. The fourth-order valence-corrected chi connectivity index (χ4v) is 4.53. The summed E-state index contributed by atoms with van der Waals surface area (Å²) in [5, 5.41) is 3.13. The number of amides is 1. The number of nitrogens with one attached hydrogen (secondary N) is 1. The zero-order valence-corrected chi connectivity index (χ0v) is 14.3. The van der Waals surface area contributed by atoms with Crippen LogP contribution >= 0.6 is 0 Å². The van der Waals surface area contributed by atoms with E-state index in [0.717, 1.165) is 11.8 Å². The van der Waals surface area contributed by atoms with Gasteiger partial charge in [-0.3, -0.25) is 9.59 Å². The van der Waals surface area contributed by atoms with Gasteiger partial charge < -0.3 is 5.32 Å². The van der Waals surface area contributed by atoms with Crippen LogP contribution in [-0.2, 0) is 4.79 Å². The van der Waals surface area contributed by atoms with Crippen LogP contribution in [0, 0.1) is 23.6 Å². The van der Waals surface area contributed by atoms with E-state index in [4.69, 9.17) is 0 Å². The van der Waals surface area contributed by atoms with E-state index in [0.29, 0.717) is 30.7 Å². The lowest BCUT2D eigenvalue weighted by molar-refractivity contribution is -0.122. The molecule has 3 rings (SSSR count). The van der Waals surface area contributed by atoms with E-state index in [9.17, 15) is 14.0 Å². The van der Waals surface area contributed by atoms with Crippen LogP contribution in [0.4, 0.5) is 4.39 Å². The van der Waals surface area contributed by atoms with Crippen molar-refractivity contribution < 1.29 is 14.0 Å². The largest absolute Gasteiger partial charge is 0.353 e. The summed E-state index contributed by atoms with van der Waals surface area (Å²) in [4.78, 5) is 24.1. The highest BCUT2D eigenvalue weighted by molar-refractivity contribution is 5.96. The molecule has 0 radical (unpaired) electrons. The van der Waals surface area contributed by atoms with Crippen molar-refractivity contribution >= 4 is 11.7 Å². The fraction of sp³-hybridized carbons (Fsp3) is 0.600. The highest BCUT2D eigenvalue weighted by Gasteiger charge is 2.42. The maximum absolute atomic E-state index is 12.8. The summed E-state index contributed by atoms with van der Waals surface area (Å²) in [6.07, 6.45) is 6.52. The van der Waals surface area contributed by atoms with Crippen molar-refractivity contribution in [2.24, 2.45) is 17.8 Å². The zero-order chi connectivity index (χ0) is 17.1. The number of hydrogen-bond acceptors (Lipinski definition) is 2. The van der Waals surface area contributed by atoms with Gasteiger partial charge in [-0.15, -0.1) is 0 Å². The Balaban J connectivity index is 1.38. The van der Waals surface area contributed by atoms with Crippen molar-refractivity contribution in [3.8, 4) is 0 Å². The Kier molecular flexibility index (Phi) is 5.32. The predicted octanol–water partition coefficient (Wildman–Crippen LogP) is 4.12. The van der Waals surface area contributed by atoms with Crippen LogP contribution in [-0.4, -0.2) is 17.7 Å². The van der Waals surface area contributed by atoms with Gasteiger partial charge in [-0.05, 0) is 74.6 Å². The van der Waals surface area contributed by atoms with E-state index in [1.54, 1.807) is 0 Å². The number of fused-ring (bicyclic) bond motifs is 2. The number of ketones is 1. The average Bonchev–Trinajstić information content (AvgIpc) is 3.18. The van der Waals surface area contributed by atoms with Crippen LogP contribution in [0.15, 0.2) is 24.3 Å². The van der Waals surface area contributed by atoms with Crippen LogP contribution in [0.3, 0.4) is 0 Å². The molecule has 0 spiro atoms. The maximum atomic E-state index is 12.8. The molecular weight excluding hydrogens is 305 g/mol. The molecule has 24 heavy (non-hydrogen) atoms. The Morgan fingerprint density at radius 2 is 1.92 bits per heavy atom. The molecule has 1 aromatic rings. The second-order valence-electron chi connectivity index (χ2n) is 7.48. The summed E-state index contributed by atoms with van der Waals surface area (Å²) in [5.74, 6) is 1.97. The molecule has 1 amide bonds. The van der Waals surface area contributed by atoms with Crippen molar-refractivity contribution in [1.29, 1.82) is 0 Å². The molecule has 0 heterocycles. The number of Topliss-reactive ketones (excluding diaryl/α,β-unsaturated/α-hetero) is 1. The minimum Gasteiger partial charge on any atom is -0.353 e. The minimum atomic E-state index is -0.347. The number of benzene rings is 1. The molecule has 4 atom stereocenters. The Bertz CT molecular complexity index is 598. The summed E-state index contributed by atoms with van der Waals surface area (Å²) >= 11 is 0. The van der Waals surface area contributed by atoms with Gasteiger partial charge in [0.25, 0.3) is 0 Å². The Morgan fingerprint density at radius 1 is 1.17 bits per heavy atom. The Hall–Kier alpha value is -1.71. The lowest BCUT2D eigenvalue weighted by atomic mass is 9.84. The highest BCUT2D eigenvalue weighted by Crippen LogP contribution is 2.49. The molecule has 0 unspecified atom stereocenters. The normalized spacial score (nSPS) is 26.3. The Labute approximate surface area is 143 Å². The van der Waals surface area contributed by atoms with Gasteiger partial charge in [-0.2, -0.15) is 0 Å². The van der Waals surface area contributed by atoms with Gasteiger partial charge in [-0.25, -0.2) is 4.39 Å². The smallest absolute Gasteiger partial charge is 0.220 e. The van der Waals surface area contributed by atoms with Crippen molar-refractivity contribution in [2.45, 2.75) is 57.9 Å². The average molecular weight is 331 g/mol. The highest BCUT2D eigenvalue weighted by atomic mass is 19.1. The molecule has 2 aliphatic carbocycles. The first-order chi connectivity index (χ1) is 11.5. The fourth-order valence-electron chi connectivity index (χ4n) is 4.53. The van der Waals surface area contributed by atoms with Crippen molar-refractivity contribution in [2.75, 3.05) is 0 Å². The predicted molar refractivity (Wildman–Crippen MR) is 91.1 cm³/mol. The molecule has 4 heteroatoms. The number of carbonyl (C=O) groups is 2. The first kappa shape index (κ1) is 17.1. The van der Waals surface area contributed by atoms with E-state index in [1.165, 1.54) is 49.9 Å². The van der Waals surface area contributed by atoms with Crippen molar-refractivity contribution in [3.63, 3.8) is 0 Å². The third-order valence-corrected chi connectivity index (χ3v) is 5.80. The monoisotopic (exact) mass is 331 g/mol. The van der Waals surface area contributed by atoms with E-state index in [1.807, 2.05) is 0 Å². The Morgan fingerprint density at radius 3 is 2.54 bits per heavy atom. The number of hydrogen-bond donors (Lipinski definition) is 1. The van der Waals surface area contributed by atoms with Crippen LogP contribution in [0.1, 0.15) is 62.2 Å².